The van der Waals surface area contributed by atoms with Gasteiger partial charge in [0.2, 0.25) is 0 Å². The van der Waals surface area contributed by atoms with Crippen molar-refractivity contribution in [2.75, 3.05) is 5.32 Å². The fraction of sp³-hybridized carbons (Fsp3) is 0.333. The first-order chi connectivity index (χ1) is 7.71. The Morgan fingerprint density at radius 1 is 1.44 bits per heavy atom. The van der Waals surface area contributed by atoms with Gasteiger partial charge in [-0.3, -0.25) is 0 Å². The summed E-state index contributed by atoms with van der Waals surface area (Å²) in [4.78, 5) is 0. The van der Waals surface area contributed by atoms with E-state index in [1.54, 1.807) is 12.1 Å². The summed E-state index contributed by atoms with van der Waals surface area (Å²) in [5.74, 6) is 0. The van der Waals surface area contributed by atoms with Crippen molar-refractivity contribution in [1.82, 2.24) is 0 Å². The van der Waals surface area contributed by atoms with Gasteiger partial charge in [-0.05, 0) is 40.5 Å². The maximum Gasteiger partial charge on any atom is 0.0992 e. The highest BCUT2D eigenvalue weighted by atomic mass is 79.9. The summed E-state index contributed by atoms with van der Waals surface area (Å²) in [5.41, 5.74) is 1.53. The average molecular weight is 278 g/mol. The second-order valence-electron chi connectivity index (χ2n) is 3.42. The molecule has 0 spiro atoms. The maximum atomic E-state index is 8.73. The molecule has 0 aliphatic carbocycles. The molecule has 0 aromatic heterocycles. The van der Waals surface area contributed by atoms with E-state index < -0.39 is 0 Å². The Balaban J connectivity index is 2.82. The molecule has 1 unspecified atom stereocenters. The van der Waals surface area contributed by atoms with Crippen molar-refractivity contribution in [1.29, 1.82) is 10.5 Å². The fourth-order valence-electron chi connectivity index (χ4n) is 1.33. The molecule has 0 bridgehead atoms. The summed E-state index contributed by atoms with van der Waals surface area (Å²) in [5, 5.41) is 20.7. The predicted molar refractivity (Wildman–Crippen MR) is 66.8 cm³/mol. The Bertz CT molecular complexity index is 443. The predicted octanol–water partition coefficient (Wildman–Crippen LogP) is 3.42. The van der Waals surface area contributed by atoms with E-state index in [4.69, 9.17) is 10.5 Å². The van der Waals surface area contributed by atoms with E-state index in [2.05, 4.69) is 33.4 Å². The quantitative estimate of drug-likeness (QED) is 0.917. The van der Waals surface area contributed by atoms with Gasteiger partial charge in [0.15, 0.2) is 0 Å². The lowest BCUT2D eigenvalue weighted by Crippen LogP contribution is -2.17. The highest BCUT2D eigenvalue weighted by Gasteiger charge is 2.08. The largest absolute Gasteiger partial charge is 0.380 e. The van der Waals surface area contributed by atoms with Crippen molar-refractivity contribution in [2.24, 2.45) is 0 Å². The van der Waals surface area contributed by atoms with Crippen molar-refractivity contribution >= 4 is 21.6 Å². The standard InChI is InChI=1S/C12H12BrN3/c1-2-10(5-6-14)16-12-4-3-9(8-15)7-11(12)13/h3-4,7,10,16H,2,5H2,1H3. The average Bonchev–Trinajstić information content (AvgIpc) is 2.30. The molecule has 1 aromatic carbocycles. The Kier molecular flexibility index (Phi) is 4.82. The van der Waals surface area contributed by atoms with Gasteiger partial charge in [-0.1, -0.05) is 6.92 Å². The number of nitrogens with one attached hydrogen (secondary N) is 1. The van der Waals surface area contributed by atoms with Crippen LogP contribution in [0.1, 0.15) is 25.3 Å². The van der Waals surface area contributed by atoms with E-state index in [0.29, 0.717) is 12.0 Å². The lowest BCUT2D eigenvalue weighted by atomic mass is 10.1. The van der Waals surface area contributed by atoms with Crippen LogP contribution in [0, 0.1) is 22.7 Å². The van der Waals surface area contributed by atoms with Crippen LogP contribution in [0.3, 0.4) is 0 Å². The number of hydrogen-bond acceptors (Lipinski definition) is 3. The van der Waals surface area contributed by atoms with Gasteiger partial charge < -0.3 is 5.32 Å². The Labute approximate surface area is 104 Å². The minimum Gasteiger partial charge on any atom is -0.380 e. The summed E-state index contributed by atoms with van der Waals surface area (Å²) in [6.07, 6.45) is 1.36. The monoisotopic (exact) mass is 277 g/mol. The van der Waals surface area contributed by atoms with Gasteiger partial charge in [-0.25, -0.2) is 0 Å². The Morgan fingerprint density at radius 3 is 2.69 bits per heavy atom. The number of halogens is 1. The minimum absolute atomic E-state index is 0.147. The third-order valence-corrected chi connectivity index (χ3v) is 2.94. The third-order valence-electron chi connectivity index (χ3n) is 2.29. The number of nitriles is 2. The first-order valence-corrected chi connectivity index (χ1v) is 5.83. The SMILES string of the molecule is CCC(CC#N)Nc1ccc(C#N)cc1Br. The van der Waals surface area contributed by atoms with E-state index in [0.717, 1.165) is 16.6 Å². The van der Waals surface area contributed by atoms with Gasteiger partial charge in [0, 0.05) is 16.2 Å². The van der Waals surface area contributed by atoms with Crippen LogP contribution in [0.4, 0.5) is 5.69 Å². The molecule has 0 saturated heterocycles. The van der Waals surface area contributed by atoms with Gasteiger partial charge in [-0.2, -0.15) is 10.5 Å². The van der Waals surface area contributed by atoms with Crippen molar-refractivity contribution in [3.63, 3.8) is 0 Å². The second kappa shape index (κ2) is 6.15. The molecule has 0 amide bonds. The molecule has 0 fully saturated rings. The third kappa shape index (κ3) is 3.25. The summed E-state index contributed by atoms with van der Waals surface area (Å²) in [6, 6.07) is 9.75. The smallest absolute Gasteiger partial charge is 0.0992 e. The van der Waals surface area contributed by atoms with Crippen LogP contribution in [0.2, 0.25) is 0 Å². The van der Waals surface area contributed by atoms with Crippen LogP contribution >= 0.6 is 15.9 Å². The molecule has 0 radical (unpaired) electrons. The highest BCUT2D eigenvalue weighted by Crippen LogP contribution is 2.24. The summed E-state index contributed by atoms with van der Waals surface area (Å²) < 4.78 is 0.850. The second-order valence-corrected chi connectivity index (χ2v) is 4.27. The minimum atomic E-state index is 0.147. The van der Waals surface area contributed by atoms with Crippen LogP contribution in [0.15, 0.2) is 22.7 Å². The van der Waals surface area contributed by atoms with Crippen molar-refractivity contribution in [2.45, 2.75) is 25.8 Å². The number of benzene rings is 1. The van der Waals surface area contributed by atoms with Gasteiger partial charge in [0.1, 0.15) is 0 Å². The molecular formula is C12H12BrN3. The molecule has 0 aliphatic heterocycles. The fourth-order valence-corrected chi connectivity index (χ4v) is 1.82. The Hall–Kier alpha value is -1.52. The lowest BCUT2D eigenvalue weighted by molar-refractivity contribution is 0.711. The van der Waals surface area contributed by atoms with Crippen molar-refractivity contribution < 1.29 is 0 Å². The van der Waals surface area contributed by atoms with Gasteiger partial charge in [0.25, 0.3) is 0 Å². The number of anilines is 1. The van der Waals surface area contributed by atoms with Gasteiger partial charge >= 0.3 is 0 Å². The van der Waals surface area contributed by atoms with Crippen molar-refractivity contribution in [3.8, 4) is 12.1 Å². The summed E-state index contributed by atoms with van der Waals surface area (Å²) >= 11 is 3.40. The zero-order valence-corrected chi connectivity index (χ0v) is 10.6. The van der Waals surface area contributed by atoms with E-state index in [9.17, 15) is 0 Å². The molecule has 1 aromatic rings. The maximum absolute atomic E-state index is 8.73. The van der Waals surface area contributed by atoms with Crippen LogP contribution in [-0.4, -0.2) is 6.04 Å². The van der Waals surface area contributed by atoms with Crippen LogP contribution < -0.4 is 5.32 Å². The zero-order valence-electron chi connectivity index (χ0n) is 9.00. The Morgan fingerprint density at radius 2 is 2.19 bits per heavy atom. The number of nitrogens with zero attached hydrogens (tertiary/aromatic N) is 2. The summed E-state index contributed by atoms with van der Waals surface area (Å²) in [6.45, 7) is 2.03. The molecule has 0 heterocycles. The van der Waals surface area contributed by atoms with E-state index in [-0.39, 0.29) is 6.04 Å². The molecule has 16 heavy (non-hydrogen) atoms. The molecule has 0 aliphatic rings. The van der Waals surface area contributed by atoms with Crippen LogP contribution in [-0.2, 0) is 0 Å². The first kappa shape index (κ1) is 12.5. The van der Waals surface area contributed by atoms with Crippen LogP contribution in [0.25, 0.3) is 0 Å². The van der Waals surface area contributed by atoms with Gasteiger partial charge in [0.05, 0.1) is 24.1 Å². The first-order valence-electron chi connectivity index (χ1n) is 5.04. The zero-order chi connectivity index (χ0) is 12.0. The molecule has 1 rings (SSSR count). The highest BCUT2D eigenvalue weighted by molar-refractivity contribution is 9.10. The normalized spacial score (nSPS) is 11.2. The lowest BCUT2D eigenvalue weighted by Gasteiger charge is -2.16. The molecule has 1 N–H and O–H groups in total. The van der Waals surface area contributed by atoms with E-state index in [1.165, 1.54) is 0 Å². The van der Waals surface area contributed by atoms with E-state index in [1.807, 2.05) is 13.0 Å². The molecule has 3 nitrogen and oxygen atoms in total. The molecule has 1 atom stereocenters. The number of rotatable bonds is 4. The van der Waals surface area contributed by atoms with Crippen molar-refractivity contribution in [3.05, 3.63) is 28.2 Å². The molecule has 0 saturated carbocycles. The van der Waals surface area contributed by atoms with Gasteiger partial charge in [-0.15, -0.1) is 0 Å². The van der Waals surface area contributed by atoms with E-state index >= 15 is 0 Å². The van der Waals surface area contributed by atoms with Crippen LogP contribution in [0.5, 0.6) is 0 Å². The molecule has 82 valence electrons. The summed E-state index contributed by atoms with van der Waals surface area (Å²) in [7, 11) is 0. The molecular weight excluding hydrogens is 266 g/mol. The molecule has 4 heteroatoms. The topological polar surface area (TPSA) is 59.6 Å². The number of hydrogen-bond donors (Lipinski definition) is 1.